The highest BCUT2D eigenvalue weighted by atomic mass is 35.5. The van der Waals surface area contributed by atoms with Gasteiger partial charge >= 0.3 is 0 Å². The fourth-order valence-corrected chi connectivity index (χ4v) is 1.72. The summed E-state index contributed by atoms with van der Waals surface area (Å²) in [4.78, 5) is 0. The molecule has 0 saturated carbocycles. The van der Waals surface area contributed by atoms with Crippen molar-refractivity contribution < 1.29 is 14.2 Å². The zero-order valence-corrected chi connectivity index (χ0v) is 9.83. The molecule has 0 amide bonds. The van der Waals surface area contributed by atoms with Crippen LogP contribution in [0, 0.1) is 5.82 Å². The Bertz CT molecular complexity index is 555. The van der Waals surface area contributed by atoms with Crippen LogP contribution in [-0.2, 0) is 0 Å². The zero-order valence-electron chi connectivity index (χ0n) is 9.08. The van der Waals surface area contributed by atoms with E-state index in [0.717, 1.165) is 0 Å². The molecule has 0 bridgehead atoms. The maximum absolute atomic E-state index is 13.7. The van der Waals surface area contributed by atoms with Crippen LogP contribution < -0.4 is 4.74 Å². The fourth-order valence-electron chi connectivity index (χ4n) is 1.57. The van der Waals surface area contributed by atoms with Crippen LogP contribution in [0.4, 0.5) is 4.39 Å². The van der Waals surface area contributed by atoms with Gasteiger partial charge in [-0.3, -0.25) is 0 Å². The molecule has 0 aromatic heterocycles. The Kier molecular flexibility index (Phi) is 3.20. The van der Waals surface area contributed by atoms with Gasteiger partial charge in [0.15, 0.2) is 0 Å². The number of methoxy groups -OCH3 is 1. The van der Waals surface area contributed by atoms with Crippen molar-refractivity contribution in [1.29, 1.82) is 0 Å². The average Bonchev–Trinajstić information content (AvgIpc) is 2.30. The molecule has 4 heteroatoms. The molecule has 0 fully saturated rings. The van der Waals surface area contributed by atoms with Crippen LogP contribution in [0.1, 0.15) is 0 Å². The number of hydrogen-bond donors (Lipinski definition) is 1. The van der Waals surface area contributed by atoms with Gasteiger partial charge < -0.3 is 9.84 Å². The topological polar surface area (TPSA) is 29.5 Å². The first-order valence-electron chi connectivity index (χ1n) is 4.94. The average molecular weight is 253 g/mol. The minimum atomic E-state index is -0.485. The van der Waals surface area contributed by atoms with Gasteiger partial charge in [-0.05, 0) is 36.4 Å². The Balaban J connectivity index is 2.59. The van der Waals surface area contributed by atoms with Crippen LogP contribution in [0.2, 0.25) is 5.02 Å². The van der Waals surface area contributed by atoms with Crippen molar-refractivity contribution in [2.24, 2.45) is 0 Å². The monoisotopic (exact) mass is 252 g/mol. The Labute approximate surface area is 103 Å². The molecule has 88 valence electrons. The predicted octanol–water partition coefficient (Wildman–Crippen LogP) is 3.86. The summed E-state index contributed by atoms with van der Waals surface area (Å²) in [6, 6.07) is 8.93. The van der Waals surface area contributed by atoms with Crippen LogP contribution in [0.25, 0.3) is 11.1 Å². The van der Waals surface area contributed by atoms with Crippen molar-refractivity contribution in [2.45, 2.75) is 0 Å². The van der Waals surface area contributed by atoms with Gasteiger partial charge in [-0.1, -0.05) is 11.6 Å². The first-order valence-corrected chi connectivity index (χ1v) is 5.32. The number of phenols is 1. The lowest BCUT2D eigenvalue weighted by atomic mass is 10.0. The van der Waals surface area contributed by atoms with Crippen LogP contribution in [-0.4, -0.2) is 12.2 Å². The summed E-state index contributed by atoms with van der Waals surface area (Å²) in [5, 5.41) is 10.0. The maximum atomic E-state index is 13.7. The molecule has 2 rings (SSSR count). The molecule has 2 aromatic carbocycles. The summed E-state index contributed by atoms with van der Waals surface area (Å²) in [6.45, 7) is 0. The molecule has 0 saturated heterocycles. The van der Waals surface area contributed by atoms with Gasteiger partial charge in [0.1, 0.15) is 17.3 Å². The summed E-state index contributed by atoms with van der Waals surface area (Å²) in [7, 11) is 1.51. The van der Waals surface area contributed by atoms with Crippen LogP contribution in [0.15, 0.2) is 36.4 Å². The van der Waals surface area contributed by atoms with Gasteiger partial charge in [-0.25, -0.2) is 4.39 Å². The van der Waals surface area contributed by atoms with E-state index in [1.165, 1.54) is 25.3 Å². The second-order valence-electron chi connectivity index (χ2n) is 3.51. The quantitative estimate of drug-likeness (QED) is 0.879. The molecule has 0 heterocycles. The number of hydrogen-bond acceptors (Lipinski definition) is 2. The second-order valence-corrected chi connectivity index (χ2v) is 3.94. The lowest BCUT2D eigenvalue weighted by molar-refractivity contribution is 0.412. The number of halogens is 2. The molecule has 0 spiro atoms. The summed E-state index contributed by atoms with van der Waals surface area (Å²) >= 11 is 5.68. The molecule has 2 nitrogen and oxygen atoms in total. The smallest absolute Gasteiger partial charge is 0.132 e. The highest BCUT2D eigenvalue weighted by Gasteiger charge is 2.11. The van der Waals surface area contributed by atoms with E-state index in [9.17, 15) is 9.50 Å². The van der Waals surface area contributed by atoms with E-state index in [4.69, 9.17) is 16.3 Å². The van der Waals surface area contributed by atoms with E-state index in [2.05, 4.69) is 0 Å². The minimum Gasteiger partial charge on any atom is -0.507 e. The van der Waals surface area contributed by atoms with Gasteiger partial charge in [0.25, 0.3) is 0 Å². The SMILES string of the molecule is COc1ccc(O)c(-c2ccc(Cl)cc2F)c1. The van der Waals surface area contributed by atoms with Gasteiger partial charge in [-0.2, -0.15) is 0 Å². The van der Waals surface area contributed by atoms with E-state index in [1.54, 1.807) is 18.2 Å². The predicted molar refractivity (Wildman–Crippen MR) is 65.1 cm³/mol. The number of rotatable bonds is 2. The van der Waals surface area contributed by atoms with Crippen molar-refractivity contribution >= 4 is 11.6 Å². The Morgan fingerprint density at radius 1 is 1.12 bits per heavy atom. The van der Waals surface area contributed by atoms with Crippen LogP contribution in [0.5, 0.6) is 11.5 Å². The molecule has 0 aliphatic heterocycles. The molecule has 17 heavy (non-hydrogen) atoms. The van der Waals surface area contributed by atoms with E-state index < -0.39 is 5.82 Å². The first-order chi connectivity index (χ1) is 8.11. The second kappa shape index (κ2) is 4.63. The van der Waals surface area contributed by atoms with Crippen LogP contribution in [0.3, 0.4) is 0 Å². The van der Waals surface area contributed by atoms with Crippen molar-refractivity contribution in [3.8, 4) is 22.6 Å². The standard InChI is InChI=1S/C13H10ClFO2/c1-17-9-3-5-13(16)11(7-9)10-4-2-8(14)6-12(10)15/h2-7,16H,1H3. The van der Waals surface area contributed by atoms with Crippen molar-refractivity contribution in [1.82, 2.24) is 0 Å². The van der Waals surface area contributed by atoms with E-state index in [0.29, 0.717) is 16.3 Å². The fraction of sp³-hybridized carbons (Fsp3) is 0.0769. The van der Waals surface area contributed by atoms with Crippen molar-refractivity contribution in [2.75, 3.05) is 7.11 Å². The summed E-state index contributed by atoms with van der Waals surface area (Å²) in [5.41, 5.74) is 0.657. The Hall–Kier alpha value is -1.74. The Morgan fingerprint density at radius 2 is 1.88 bits per heavy atom. The third-order valence-electron chi connectivity index (χ3n) is 2.43. The molecule has 0 aliphatic rings. The number of benzene rings is 2. The van der Waals surface area contributed by atoms with E-state index in [-0.39, 0.29) is 11.3 Å². The molecule has 2 aromatic rings. The maximum Gasteiger partial charge on any atom is 0.132 e. The van der Waals surface area contributed by atoms with Gasteiger partial charge in [-0.15, -0.1) is 0 Å². The van der Waals surface area contributed by atoms with Gasteiger partial charge in [0.2, 0.25) is 0 Å². The normalized spacial score (nSPS) is 10.3. The summed E-state index contributed by atoms with van der Waals surface area (Å²) in [6.07, 6.45) is 0. The Morgan fingerprint density at radius 3 is 2.53 bits per heavy atom. The first kappa shape index (κ1) is 11.7. The zero-order chi connectivity index (χ0) is 12.4. The van der Waals surface area contributed by atoms with E-state index in [1.807, 2.05) is 0 Å². The van der Waals surface area contributed by atoms with E-state index >= 15 is 0 Å². The summed E-state index contributed by atoms with van der Waals surface area (Å²) in [5.74, 6) is 0.0558. The molecule has 0 radical (unpaired) electrons. The van der Waals surface area contributed by atoms with Gasteiger partial charge in [0, 0.05) is 16.1 Å². The third-order valence-corrected chi connectivity index (χ3v) is 2.66. The number of phenolic OH excluding ortho intramolecular Hbond substituents is 1. The molecule has 0 atom stereocenters. The third kappa shape index (κ3) is 2.34. The summed E-state index contributed by atoms with van der Waals surface area (Å²) < 4.78 is 18.8. The minimum absolute atomic E-state index is 0.00739. The largest absolute Gasteiger partial charge is 0.507 e. The lowest BCUT2D eigenvalue weighted by Gasteiger charge is -2.08. The number of ether oxygens (including phenoxy) is 1. The molecular weight excluding hydrogens is 243 g/mol. The molecule has 0 aliphatic carbocycles. The highest BCUT2D eigenvalue weighted by molar-refractivity contribution is 6.30. The van der Waals surface area contributed by atoms with Crippen molar-refractivity contribution in [3.05, 3.63) is 47.2 Å². The van der Waals surface area contributed by atoms with Crippen molar-refractivity contribution in [3.63, 3.8) is 0 Å². The highest BCUT2D eigenvalue weighted by Crippen LogP contribution is 2.34. The molecule has 0 unspecified atom stereocenters. The molecular formula is C13H10ClFO2. The molecule has 1 N–H and O–H groups in total. The van der Waals surface area contributed by atoms with Gasteiger partial charge in [0.05, 0.1) is 7.11 Å². The lowest BCUT2D eigenvalue weighted by Crippen LogP contribution is -1.88. The van der Waals surface area contributed by atoms with Crippen LogP contribution >= 0.6 is 11.6 Å². The number of aromatic hydroxyl groups is 1.